The predicted molar refractivity (Wildman–Crippen MR) is 88.0 cm³/mol. The van der Waals surface area contributed by atoms with Crippen LogP contribution in [0.4, 0.5) is 10.2 Å². The first-order valence-corrected chi connectivity index (χ1v) is 9.11. The van der Waals surface area contributed by atoms with E-state index in [9.17, 15) is 9.18 Å². The van der Waals surface area contributed by atoms with E-state index in [1.165, 1.54) is 12.3 Å². The number of hydrogen-bond donors (Lipinski definition) is 0. The number of carbonyl (C=O) groups is 1. The van der Waals surface area contributed by atoms with E-state index < -0.39 is 5.82 Å². The number of hydrogen-bond acceptors (Lipinski definition) is 4. The van der Waals surface area contributed by atoms with Gasteiger partial charge in [0, 0.05) is 49.8 Å². The molecule has 1 aromatic rings. The quantitative estimate of drug-likeness (QED) is 0.827. The fourth-order valence-corrected chi connectivity index (χ4v) is 4.07. The van der Waals surface area contributed by atoms with Gasteiger partial charge in [0.25, 0.3) is 0 Å². The van der Waals surface area contributed by atoms with Gasteiger partial charge in [0.15, 0.2) is 11.6 Å². The Bertz CT molecular complexity index is 546. The number of aromatic nitrogens is 1. The number of rotatable bonds is 2. The van der Waals surface area contributed by atoms with Crippen LogP contribution in [0.25, 0.3) is 0 Å². The molecule has 0 aromatic carbocycles. The summed E-state index contributed by atoms with van der Waals surface area (Å²) in [4.78, 5) is 20.5. The van der Waals surface area contributed by atoms with Crippen molar-refractivity contribution in [2.75, 3.05) is 42.6 Å². The van der Waals surface area contributed by atoms with Crippen molar-refractivity contribution in [3.63, 3.8) is 0 Å². The smallest absolute Gasteiger partial charge is 0.225 e. The molecule has 3 rings (SSSR count). The first kappa shape index (κ1) is 15.9. The summed E-state index contributed by atoms with van der Waals surface area (Å²) in [6.45, 7) is 3.03. The summed E-state index contributed by atoms with van der Waals surface area (Å²) >= 11 is 7.63. The van der Waals surface area contributed by atoms with Crippen molar-refractivity contribution in [1.82, 2.24) is 9.88 Å². The molecule has 0 radical (unpaired) electrons. The van der Waals surface area contributed by atoms with Crippen molar-refractivity contribution in [2.24, 2.45) is 5.92 Å². The minimum Gasteiger partial charge on any atom is -0.354 e. The molecule has 3 heterocycles. The molecule has 0 atom stereocenters. The zero-order chi connectivity index (χ0) is 15.5. The SMILES string of the molecule is O=C(C1CCN(c2ncc(Cl)cc2F)CC1)N1CCSCC1. The molecule has 120 valence electrons. The Hall–Kier alpha value is -1.01. The Morgan fingerprint density at radius 1 is 1.27 bits per heavy atom. The highest BCUT2D eigenvalue weighted by Crippen LogP contribution is 2.27. The minimum atomic E-state index is -0.398. The van der Waals surface area contributed by atoms with Crippen LogP contribution >= 0.6 is 23.4 Å². The highest BCUT2D eigenvalue weighted by atomic mass is 35.5. The molecule has 0 aliphatic carbocycles. The topological polar surface area (TPSA) is 36.4 Å². The van der Waals surface area contributed by atoms with Crippen LogP contribution in [0.5, 0.6) is 0 Å². The maximum absolute atomic E-state index is 13.9. The molecule has 7 heteroatoms. The Morgan fingerprint density at radius 2 is 1.95 bits per heavy atom. The molecule has 1 amide bonds. The maximum atomic E-state index is 13.9. The fourth-order valence-electron chi connectivity index (χ4n) is 3.02. The third-order valence-corrected chi connectivity index (χ3v) is 5.40. The zero-order valence-electron chi connectivity index (χ0n) is 12.3. The Morgan fingerprint density at radius 3 is 2.59 bits per heavy atom. The van der Waals surface area contributed by atoms with Gasteiger partial charge in [0.1, 0.15) is 0 Å². The van der Waals surface area contributed by atoms with Gasteiger partial charge >= 0.3 is 0 Å². The third-order valence-electron chi connectivity index (χ3n) is 4.25. The van der Waals surface area contributed by atoms with Crippen molar-refractivity contribution in [3.05, 3.63) is 23.1 Å². The average Bonchev–Trinajstić information content (AvgIpc) is 2.55. The largest absolute Gasteiger partial charge is 0.354 e. The van der Waals surface area contributed by atoms with Gasteiger partial charge in [0.05, 0.1) is 5.02 Å². The van der Waals surface area contributed by atoms with Crippen LogP contribution in [0.15, 0.2) is 12.3 Å². The molecule has 2 fully saturated rings. The van der Waals surface area contributed by atoms with Gasteiger partial charge in [0.2, 0.25) is 5.91 Å². The van der Waals surface area contributed by atoms with E-state index in [4.69, 9.17) is 11.6 Å². The number of pyridine rings is 1. The molecule has 2 aliphatic rings. The molecule has 0 bridgehead atoms. The van der Waals surface area contributed by atoms with E-state index in [-0.39, 0.29) is 11.8 Å². The second kappa shape index (κ2) is 7.04. The summed E-state index contributed by atoms with van der Waals surface area (Å²) in [7, 11) is 0. The molecule has 0 spiro atoms. The van der Waals surface area contributed by atoms with E-state index in [0.29, 0.717) is 23.9 Å². The van der Waals surface area contributed by atoms with Gasteiger partial charge in [-0.3, -0.25) is 4.79 Å². The van der Waals surface area contributed by atoms with Gasteiger partial charge in [-0.25, -0.2) is 9.37 Å². The first-order chi connectivity index (χ1) is 10.6. The second-order valence-electron chi connectivity index (χ2n) is 5.66. The van der Waals surface area contributed by atoms with Gasteiger partial charge in [-0.1, -0.05) is 11.6 Å². The molecule has 1 aromatic heterocycles. The number of piperidine rings is 1. The normalized spacial score (nSPS) is 20.3. The fraction of sp³-hybridized carbons (Fsp3) is 0.600. The summed E-state index contributed by atoms with van der Waals surface area (Å²) in [6.07, 6.45) is 2.97. The molecule has 0 N–H and O–H groups in total. The zero-order valence-corrected chi connectivity index (χ0v) is 13.9. The summed E-state index contributed by atoms with van der Waals surface area (Å²) in [5.41, 5.74) is 0. The molecule has 0 unspecified atom stereocenters. The van der Waals surface area contributed by atoms with E-state index in [0.717, 1.165) is 37.4 Å². The average molecular weight is 344 g/mol. The number of thioether (sulfide) groups is 1. The van der Waals surface area contributed by atoms with Crippen molar-refractivity contribution in [2.45, 2.75) is 12.8 Å². The minimum absolute atomic E-state index is 0.0645. The number of carbonyl (C=O) groups excluding carboxylic acids is 1. The maximum Gasteiger partial charge on any atom is 0.225 e. The second-order valence-corrected chi connectivity index (χ2v) is 7.32. The summed E-state index contributed by atoms with van der Waals surface area (Å²) in [5.74, 6) is 2.34. The lowest BCUT2D eigenvalue weighted by Gasteiger charge is -2.36. The third kappa shape index (κ3) is 3.49. The predicted octanol–water partition coefficient (Wildman–Crippen LogP) is 2.67. The number of anilines is 1. The Kier molecular flexibility index (Phi) is 5.08. The van der Waals surface area contributed by atoms with Crippen LogP contribution < -0.4 is 4.90 Å². The summed E-state index contributed by atoms with van der Waals surface area (Å²) in [5, 5.41) is 0.300. The highest BCUT2D eigenvalue weighted by molar-refractivity contribution is 7.99. The lowest BCUT2D eigenvalue weighted by Crippen LogP contribution is -2.45. The Labute approximate surface area is 139 Å². The van der Waals surface area contributed by atoms with Crippen molar-refractivity contribution in [1.29, 1.82) is 0 Å². The lowest BCUT2D eigenvalue weighted by molar-refractivity contribution is -0.135. The number of nitrogens with zero attached hydrogens (tertiary/aromatic N) is 3. The van der Waals surface area contributed by atoms with Crippen LogP contribution in [-0.2, 0) is 4.79 Å². The monoisotopic (exact) mass is 343 g/mol. The molecule has 0 saturated carbocycles. The molecule has 2 aliphatic heterocycles. The molecule has 4 nitrogen and oxygen atoms in total. The van der Waals surface area contributed by atoms with E-state index >= 15 is 0 Å². The van der Waals surface area contributed by atoms with Gasteiger partial charge in [-0.05, 0) is 18.9 Å². The van der Waals surface area contributed by atoms with Gasteiger partial charge < -0.3 is 9.80 Å². The van der Waals surface area contributed by atoms with E-state index in [1.54, 1.807) is 0 Å². The van der Waals surface area contributed by atoms with Crippen molar-refractivity contribution >= 4 is 35.1 Å². The van der Waals surface area contributed by atoms with E-state index in [2.05, 4.69) is 4.98 Å². The van der Waals surface area contributed by atoms with Gasteiger partial charge in [-0.2, -0.15) is 11.8 Å². The van der Waals surface area contributed by atoms with Crippen LogP contribution in [-0.4, -0.2) is 53.5 Å². The lowest BCUT2D eigenvalue weighted by atomic mass is 9.95. The van der Waals surface area contributed by atoms with Gasteiger partial charge in [-0.15, -0.1) is 0 Å². The molecular weight excluding hydrogens is 325 g/mol. The standard InChI is InChI=1S/C15H19ClFN3OS/c16-12-9-13(17)14(18-10-12)19-3-1-11(2-4-19)15(21)20-5-7-22-8-6-20/h9-11H,1-8H2. The van der Waals surface area contributed by atoms with Crippen LogP contribution in [0.2, 0.25) is 5.02 Å². The first-order valence-electron chi connectivity index (χ1n) is 7.57. The molecule has 2 saturated heterocycles. The van der Waals surface area contributed by atoms with Crippen LogP contribution in [0.1, 0.15) is 12.8 Å². The molecule has 22 heavy (non-hydrogen) atoms. The summed E-state index contributed by atoms with van der Waals surface area (Å²) in [6, 6.07) is 1.28. The van der Waals surface area contributed by atoms with E-state index in [1.807, 2.05) is 21.6 Å². The van der Waals surface area contributed by atoms with Crippen LogP contribution in [0.3, 0.4) is 0 Å². The molecular formula is C15H19ClFN3OS. The number of amides is 1. The van der Waals surface area contributed by atoms with Crippen molar-refractivity contribution < 1.29 is 9.18 Å². The highest BCUT2D eigenvalue weighted by Gasteiger charge is 2.30. The van der Waals surface area contributed by atoms with Crippen LogP contribution in [0, 0.1) is 11.7 Å². The summed E-state index contributed by atoms with van der Waals surface area (Å²) < 4.78 is 13.9. The van der Waals surface area contributed by atoms with Crippen molar-refractivity contribution in [3.8, 4) is 0 Å². The number of halogens is 2. The Balaban J connectivity index is 1.59.